The van der Waals surface area contributed by atoms with E-state index in [0.29, 0.717) is 19.1 Å². The van der Waals surface area contributed by atoms with E-state index in [0.717, 1.165) is 22.6 Å². The molecule has 1 N–H and O–H groups in total. The molecule has 2 aromatic carbocycles. The van der Waals surface area contributed by atoms with E-state index in [4.69, 9.17) is 14.1 Å². The number of aromatic nitrogens is 2. The second kappa shape index (κ2) is 9.08. The molecular formula is C25H27N3O3. The molecular weight excluding hydrogens is 390 g/mol. The number of hydrogen-bond acceptors (Lipinski definition) is 4. The van der Waals surface area contributed by atoms with E-state index in [1.54, 1.807) is 12.1 Å². The molecule has 0 fully saturated rings. The molecule has 0 spiro atoms. The molecule has 2 aromatic heterocycles. The Kier molecular flexibility index (Phi) is 6.07. The minimum atomic E-state index is -0.296. The van der Waals surface area contributed by atoms with Crippen molar-refractivity contribution >= 4 is 16.9 Å². The molecule has 31 heavy (non-hydrogen) atoms. The minimum absolute atomic E-state index is 0.266. The van der Waals surface area contributed by atoms with Crippen LogP contribution in [-0.4, -0.2) is 22.1 Å². The van der Waals surface area contributed by atoms with Gasteiger partial charge in [0.25, 0.3) is 5.91 Å². The third-order valence-electron chi connectivity index (χ3n) is 5.29. The van der Waals surface area contributed by atoms with Gasteiger partial charge in [0.15, 0.2) is 5.76 Å². The average Bonchev–Trinajstić information content (AvgIpc) is 3.43. The number of nitrogens with one attached hydrogen (secondary N) is 1. The lowest BCUT2D eigenvalue weighted by atomic mass is 10.0. The monoisotopic (exact) mass is 417 g/mol. The van der Waals surface area contributed by atoms with Crippen molar-refractivity contribution in [2.45, 2.75) is 39.3 Å². The first kappa shape index (κ1) is 20.7. The van der Waals surface area contributed by atoms with Crippen LogP contribution in [0.1, 0.15) is 54.7 Å². The molecule has 0 aliphatic carbocycles. The van der Waals surface area contributed by atoms with Crippen LogP contribution in [0.3, 0.4) is 0 Å². The number of rotatable bonds is 8. The third kappa shape index (κ3) is 4.63. The summed E-state index contributed by atoms with van der Waals surface area (Å²) >= 11 is 0. The van der Waals surface area contributed by atoms with E-state index in [9.17, 15) is 4.79 Å². The summed E-state index contributed by atoms with van der Waals surface area (Å²) in [6.07, 6.45) is 1.49. The Morgan fingerprint density at radius 2 is 1.84 bits per heavy atom. The van der Waals surface area contributed by atoms with Crippen molar-refractivity contribution in [2.24, 2.45) is 0 Å². The molecule has 0 aliphatic rings. The fourth-order valence-electron chi connectivity index (χ4n) is 3.60. The molecule has 6 nitrogen and oxygen atoms in total. The zero-order valence-electron chi connectivity index (χ0n) is 18.0. The van der Waals surface area contributed by atoms with E-state index in [1.807, 2.05) is 43.3 Å². The number of carbonyl (C=O) groups is 1. The largest absolute Gasteiger partial charge is 0.492 e. The highest BCUT2D eigenvalue weighted by atomic mass is 16.5. The van der Waals surface area contributed by atoms with Crippen LogP contribution in [-0.2, 0) is 6.54 Å². The van der Waals surface area contributed by atoms with Crippen LogP contribution in [0.25, 0.3) is 11.0 Å². The summed E-state index contributed by atoms with van der Waals surface area (Å²) in [6.45, 7) is 7.38. The lowest BCUT2D eigenvalue weighted by molar-refractivity contribution is 0.0909. The molecule has 0 saturated carbocycles. The molecule has 4 rings (SSSR count). The number of hydrogen-bond donors (Lipinski definition) is 1. The summed E-state index contributed by atoms with van der Waals surface area (Å²) in [5.74, 6) is 2.13. The summed E-state index contributed by atoms with van der Waals surface area (Å²) in [6, 6.07) is 19.2. The van der Waals surface area contributed by atoms with Crippen LogP contribution in [0.2, 0.25) is 0 Å². The van der Waals surface area contributed by atoms with Gasteiger partial charge in [0.05, 0.1) is 29.9 Å². The molecule has 1 amide bonds. The first-order valence-electron chi connectivity index (χ1n) is 10.5. The Morgan fingerprint density at radius 1 is 1.06 bits per heavy atom. The van der Waals surface area contributed by atoms with Crippen molar-refractivity contribution in [3.8, 4) is 5.75 Å². The molecule has 0 saturated heterocycles. The van der Waals surface area contributed by atoms with Crippen molar-refractivity contribution < 1.29 is 13.9 Å². The number of ether oxygens (including phenoxy) is 1. The Balaban J connectivity index is 1.50. The highest BCUT2D eigenvalue weighted by molar-refractivity contribution is 5.91. The molecule has 1 unspecified atom stereocenters. The quantitative estimate of drug-likeness (QED) is 0.421. The van der Waals surface area contributed by atoms with Crippen LogP contribution in [0.15, 0.2) is 71.3 Å². The van der Waals surface area contributed by atoms with Gasteiger partial charge in [0, 0.05) is 0 Å². The molecule has 0 bridgehead atoms. The van der Waals surface area contributed by atoms with Crippen LogP contribution >= 0.6 is 0 Å². The van der Waals surface area contributed by atoms with Crippen molar-refractivity contribution in [3.05, 3.63) is 84.1 Å². The van der Waals surface area contributed by atoms with E-state index < -0.39 is 0 Å². The van der Waals surface area contributed by atoms with Gasteiger partial charge in [-0.15, -0.1) is 0 Å². The first-order chi connectivity index (χ1) is 15.0. The SMILES string of the molecule is CC(C)c1ccc(OCCn2c(C(C)NC(=O)c3ccco3)nc3ccccc32)cc1. The van der Waals surface area contributed by atoms with Crippen LogP contribution in [0.5, 0.6) is 5.75 Å². The molecule has 160 valence electrons. The minimum Gasteiger partial charge on any atom is -0.492 e. The summed E-state index contributed by atoms with van der Waals surface area (Å²) in [5.41, 5.74) is 3.18. The number of para-hydroxylation sites is 2. The van der Waals surface area contributed by atoms with E-state index in [-0.39, 0.29) is 17.7 Å². The lowest BCUT2D eigenvalue weighted by Crippen LogP contribution is -2.28. The Hall–Kier alpha value is -3.54. The van der Waals surface area contributed by atoms with Crippen molar-refractivity contribution in [1.82, 2.24) is 14.9 Å². The normalized spacial score (nSPS) is 12.3. The number of fused-ring (bicyclic) bond motifs is 1. The van der Waals surface area contributed by atoms with Gasteiger partial charge in [-0.1, -0.05) is 38.1 Å². The molecule has 0 radical (unpaired) electrons. The Labute approximate surface area is 181 Å². The fourth-order valence-corrected chi connectivity index (χ4v) is 3.60. The molecule has 2 heterocycles. The predicted octanol–water partition coefficient (Wildman–Crippen LogP) is 5.32. The maximum absolute atomic E-state index is 12.4. The average molecular weight is 418 g/mol. The summed E-state index contributed by atoms with van der Waals surface area (Å²) < 4.78 is 13.3. The molecule has 1 atom stereocenters. The smallest absolute Gasteiger partial charge is 0.287 e. The van der Waals surface area contributed by atoms with Gasteiger partial charge in [-0.05, 0) is 54.8 Å². The van der Waals surface area contributed by atoms with Gasteiger partial charge in [-0.2, -0.15) is 0 Å². The number of nitrogens with zero attached hydrogens (tertiary/aromatic N) is 2. The van der Waals surface area contributed by atoms with Gasteiger partial charge in [0.2, 0.25) is 0 Å². The zero-order chi connectivity index (χ0) is 21.8. The fraction of sp³-hybridized carbons (Fsp3) is 0.280. The molecule has 4 aromatic rings. The van der Waals surface area contributed by atoms with E-state index in [1.165, 1.54) is 11.8 Å². The lowest BCUT2D eigenvalue weighted by Gasteiger charge is -2.16. The highest BCUT2D eigenvalue weighted by Gasteiger charge is 2.20. The molecule has 0 aliphatic heterocycles. The van der Waals surface area contributed by atoms with E-state index >= 15 is 0 Å². The first-order valence-corrected chi connectivity index (χ1v) is 10.5. The predicted molar refractivity (Wildman–Crippen MR) is 120 cm³/mol. The zero-order valence-corrected chi connectivity index (χ0v) is 18.0. The number of amides is 1. The van der Waals surface area contributed by atoms with Crippen molar-refractivity contribution in [2.75, 3.05) is 6.61 Å². The van der Waals surface area contributed by atoms with Crippen LogP contribution in [0.4, 0.5) is 0 Å². The van der Waals surface area contributed by atoms with Gasteiger partial charge in [-0.25, -0.2) is 4.98 Å². The number of carbonyl (C=O) groups excluding carboxylic acids is 1. The summed E-state index contributed by atoms with van der Waals surface area (Å²) in [5, 5.41) is 2.97. The number of furan rings is 1. The topological polar surface area (TPSA) is 69.3 Å². The Bertz CT molecular complexity index is 1140. The standard InChI is InChI=1S/C25H27N3O3/c1-17(2)19-10-12-20(13-11-19)30-16-14-28-22-8-5-4-7-21(22)27-24(28)18(3)26-25(29)23-9-6-15-31-23/h4-13,15,17-18H,14,16H2,1-3H3,(H,26,29). The van der Waals surface area contributed by atoms with Crippen LogP contribution < -0.4 is 10.1 Å². The third-order valence-corrected chi connectivity index (χ3v) is 5.29. The van der Waals surface area contributed by atoms with Gasteiger partial charge >= 0.3 is 0 Å². The number of benzene rings is 2. The summed E-state index contributed by atoms with van der Waals surface area (Å²) in [4.78, 5) is 17.2. The van der Waals surface area contributed by atoms with E-state index in [2.05, 4.69) is 35.9 Å². The summed E-state index contributed by atoms with van der Waals surface area (Å²) in [7, 11) is 0. The van der Waals surface area contributed by atoms with Gasteiger partial charge < -0.3 is 19.0 Å². The molecule has 6 heteroatoms. The van der Waals surface area contributed by atoms with Crippen molar-refractivity contribution in [1.29, 1.82) is 0 Å². The maximum Gasteiger partial charge on any atom is 0.287 e. The maximum atomic E-state index is 12.4. The second-order valence-corrected chi connectivity index (χ2v) is 7.86. The van der Waals surface area contributed by atoms with Gasteiger partial charge in [-0.3, -0.25) is 4.79 Å². The number of imidazole rings is 1. The highest BCUT2D eigenvalue weighted by Crippen LogP contribution is 2.22. The van der Waals surface area contributed by atoms with Crippen molar-refractivity contribution in [3.63, 3.8) is 0 Å². The van der Waals surface area contributed by atoms with Gasteiger partial charge in [0.1, 0.15) is 18.2 Å². The second-order valence-electron chi connectivity index (χ2n) is 7.86. The van der Waals surface area contributed by atoms with Crippen LogP contribution in [0, 0.1) is 0 Å². The Morgan fingerprint density at radius 3 is 2.55 bits per heavy atom.